The number of benzene rings is 2. The Labute approximate surface area is 208 Å². The van der Waals surface area contributed by atoms with Crippen LogP contribution in [0.25, 0.3) is 0 Å². The number of nitrogens with one attached hydrogen (secondary N) is 3. The van der Waals surface area contributed by atoms with Crippen LogP contribution < -0.4 is 25.4 Å². The van der Waals surface area contributed by atoms with Crippen LogP contribution in [0.15, 0.2) is 47.5 Å². The molecule has 0 saturated heterocycles. The van der Waals surface area contributed by atoms with E-state index in [1.807, 2.05) is 42.5 Å². The predicted octanol–water partition coefficient (Wildman–Crippen LogP) is 3.76. The van der Waals surface area contributed by atoms with Crippen molar-refractivity contribution in [3.8, 4) is 11.5 Å². The fourth-order valence-corrected chi connectivity index (χ4v) is 3.02. The number of methoxy groups -OCH3 is 2. The first-order valence-corrected chi connectivity index (χ1v) is 10.6. The summed E-state index contributed by atoms with van der Waals surface area (Å²) in [5.41, 5.74) is 2.90. The van der Waals surface area contributed by atoms with Crippen LogP contribution in [0.5, 0.6) is 11.5 Å². The third-order valence-corrected chi connectivity index (χ3v) is 4.87. The molecule has 2 aromatic carbocycles. The molecular formula is C24H35IN4O3. The standard InChI is InChI=1S/C24H34N4O3.HI/c1-5-6-14-26-23(29)20-10-7-19(8-11-20)17-28-24(25-2)27-15-13-18-9-12-21(30-3)22(16-18)31-4;/h7-12,16H,5-6,13-15,17H2,1-4H3,(H,26,29)(H2,25,27,28);1H. The molecule has 0 aliphatic heterocycles. The molecule has 7 nitrogen and oxygen atoms in total. The number of amides is 1. The molecule has 0 heterocycles. The summed E-state index contributed by atoms with van der Waals surface area (Å²) in [5, 5.41) is 9.54. The van der Waals surface area contributed by atoms with E-state index in [1.54, 1.807) is 21.3 Å². The fraction of sp³-hybridized carbons (Fsp3) is 0.417. The Morgan fingerprint density at radius 1 is 0.906 bits per heavy atom. The quantitative estimate of drug-likeness (QED) is 0.171. The summed E-state index contributed by atoms with van der Waals surface area (Å²) >= 11 is 0. The summed E-state index contributed by atoms with van der Waals surface area (Å²) in [6.07, 6.45) is 2.88. The molecule has 0 aromatic heterocycles. The lowest BCUT2D eigenvalue weighted by Crippen LogP contribution is -2.37. The van der Waals surface area contributed by atoms with Gasteiger partial charge in [-0.3, -0.25) is 9.79 Å². The van der Waals surface area contributed by atoms with Gasteiger partial charge < -0.3 is 25.4 Å². The number of carbonyl (C=O) groups is 1. The molecule has 32 heavy (non-hydrogen) atoms. The molecule has 0 saturated carbocycles. The van der Waals surface area contributed by atoms with Gasteiger partial charge in [-0.05, 0) is 48.2 Å². The van der Waals surface area contributed by atoms with Crippen LogP contribution in [-0.4, -0.2) is 46.2 Å². The zero-order valence-corrected chi connectivity index (χ0v) is 21.7. The highest BCUT2D eigenvalue weighted by molar-refractivity contribution is 14.0. The molecule has 0 atom stereocenters. The molecule has 0 spiro atoms. The normalized spacial score (nSPS) is 10.7. The van der Waals surface area contributed by atoms with Crippen molar-refractivity contribution in [3.05, 3.63) is 59.2 Å². The van der Waals surface area contributed by atoms with E-state index >= 15 is 0 Å². The molecule has 3 N–H and O–H groups in total. The Balaban J connectivity index is 0.00000512. The number of aliphatic imine (C=N–C) groups is 1. The van der Waals surface area contributed by atoms with Crippen LogP contribution in [-0.2, 0) is 13.0 Å². The highest BCUT2D eigenvalue weighted by Crippen LogP contribution is 2.27. The molecule has 0 unspecified atom stereocenters. The Bertz CT molecular complexity index is 857. The number of carbonyl (C=O) groups excluding carboxylic acids is 1. The van der Waals surface area contributed by atoms with Crippen molar-refractivity contribution in [1.29, 1.82) is 0 Å². The van der Waals surface area contributed by atoms with Gasteiger partial charge in [-0.25, -0.2) is 0 Å². The van der Waals surface area contributed by atoms with Crippen molar-refractivity contribution in [2.45, 2.75) is 32.7 Å². The number of unbranched alkanes of at least 4 members (excludes halogenated alkanes) is 1. The van der Waals surface area contributed by atoms with Crippen LogP contribution in [0.4, 0.5) is 0 Å². The largest absolute Gasteiger partial charge is 0.493 e. The summed E-state index contributed by atoms with van der Waals surface area (Å²) in [4.78, 5) is 16.4. The number of hydrogen-bond donors (Lipinski definition) is 3. The molecular weight excluding hydrogens is 519 g/mol. The van der Waals surface area contributed by atoms with E-state index in [1.165, 1.54) is 0 Å². The number of halogens is 1. The lowest BCUT2D eigenvalue weighted by molar-refractivity contribution is 0.0953. The number of rotatable bonds is 11. The van der Waals surface area contributed by atoms with Gasteiger partial charge in [-0.2, -0.15) is 0 Å². The van der Waals surface area contributed by atoms with Crippen molar-refractivity contribution in [1.82, 2.24) is 16.0 Å². The average molecular weight is 554 g/mol. The van der Waals surface area contributed by atoms with Gasteiger partial charge in [0.15, 0.2) is 17.5 Å². The highest BCUT2D eigenvalue weighted by atomic mass is 127. The average Bonchev–Trinajstić information content (AvgIpc) is 2.81. The molecule has 2 rings (SSSR count). The molecule has 0 aliphatic rings. The molecule has 0 radical (unpaired) electrons. The van der Waals surface area contributed by atoms with Crippen molar-refractivity contribution < 1.29 is 14.3 Å². The Hall–Kier alpha value is -2.49. The topological polar surface area (TPSA) is 84.0 Å². The van der Waals surface area contributed by atoms with Crippen LogP contribution in [0.2, 0.25) is 0 Å². The molecule has 2 aromatic rings. The van der Waals surface area contributed by atoms with Crippen LogP contribution in [0, 0.1) is 0 Å². The zero-order valence-electron chi connectivity index (χ0n) is 19.4. The van der Waals surface area contributed by atoms with Gasteiger partial charge in [0.05, 0.1) is 14.2 Å². The third-order valence-electron chi connectivity index (χ3n) is 4.87. The van der Waals surface area contributed by atoms with Gasteiger partial charge in [0.1, 0.15) is 0 Å². The van der Waals surface area contributed by atoms with Crippen molar-refractivity contribution in [3.63, 3.8) is 0 Å². The summed E-state index contributed by atoms with van der Waals surface area (Å²) in [7, 11) is 5.01. The summed E-state index contributed by atoms with van der Waals surface area (Å²) < 4.78 is 10.6. The van der Waals surface area contributed by atoms with Gasteiger partial charge in [-0.15, -0.1) is 24.0 Å². The minimum atomic E-state index is -0.0272. The molecule has 176 valence electrons. The molecule has 0 aliphatic carbocycles. The van der Waals surface area contributed by atoms with E-state index in [9.17, 15) is 4.79 Å². The summed E-state index contributed by atoms with van der Waals surface area (Å²) in [6.45, 7) is 4.16. The van der Waals surface area contributed by atoms with E-state index < -0.39 is 0 Å². The van der Waals surface area contributed by atoms with E-state index in [-0.39, 0.29) is 29.9 Å². The third kappa shape index (κ3) is 8.94. The molecule has 0 bridgehead atoms. The molecule has 1 amide bonds. The SMILES string of the molecule is CCCCNC(=O)c1ccc(CNC(=NC)NCCc2ccc(OC)c(OC)c2)cc1.I. The van der Waals surface area contributed by atoms with Gasteiger partial charge in [-0.1, -0.05) is 31.5 Å². The zero-order chi connectivity index (χ0) is 22.5. The minimum Gasteiger partial charge on any atom is -0.493 e. The first-order valence-electron chi connectivity index (χ1n) is 10.6. The summed E-state index contributed by atoms with van der Waals surface area (Å²) in [6, 6.07) is 13.5. The molecule has 0 fully saturated rings. The van der Waals surface area contributed by atoms with Crippen molar-refractivity contribution in [2.75, 3.05) is 34.4 Å². The number of nitrogens with zero attached hydrogens (tertiary/aromatic N) is 1. The second kappa shape index (κ2) is 15.3. The number of ether oxygens (including phenoxy) is 2. The van der Waals surface area contributed by atoms with Gasteiger partial charge >= 0.3 is 0 Å². The highest BCUT2D eigenvalue weighted by Gasteiger charge is 2.06. The fourth-order valence-electron chi connectivity index (χ4n) is 3.02. The van der Waals surface area contributed by atoms with E-state index in [0.717, 1.165) is 54.4 Å². The first-order chi connectivity index (χ1) is 15.1. The van der Waals surface area contributed by atoms with Crippen LogP contribution >= 0.6 is 24.0 Å². The second-order valence-electron chi connectivity index (χ2n) is 7.10. The summed E-state index contributed by atoms with van der Waals surface area (Å²) in [5.74, 6) is 2.15. The lowest BCUT2D eigenvalue weighted by atomic mass is 10.1. The van der Waals surface area contributed by atoms with E-state index in [2.05, 4.69) is 27.9 Å². The Morgan fingerprint density at radius 2 is 1.59 bits per heavy atom. The molecule has 8 heteroatoms. The number of hydrogen-bond acceptors (Lipinski definition) is 4. The van der Waals surface area contributed by atoms with E-state index in [0.29, 0.717) is 18.7 Å². The smallest absolute Gasteiger partial charge is 0.251 e. The van der Waals surface area contributed by atoms with Crippen LogP contribution in [0.3, 0.4) is 0 Å². The predicted molar refractivity (Wildman–Crippen MR) is 141 cm³/mol. The first kappa shape index (κ1) is 27.5. The van der Waals surface area contributed by atoms with Crippen LogP contribution in [0.1, 0.15) is 41.3 Å². The monoisotopic (exact) mass is 554 g/mol. The number of guanidine groups is 1. The minimum absolute atomic E-state index is 0. The van der Waals surface area contributed by atoms with Crippen molar-refractivity contribution >= 4 is 35.8 Å². The maximum Gasteiger partial charge on any atom is 0.251 e. The maximum atomic E-state index is 12.1. The van der Waals surface area contributed by atoms with Gasteiger partial charge in [0.25, 0.3) is 5.91 Å². The second-order valence-corrected chi connectivity index (χ2v) is 7.10. The van der Waals surface area contributed by atoms with E-state index in [4.69, 9.17) is 9.47 Å². The van der Waals surface area contributed by atoms with Gasteiger partial charge in [0.2, 0.25) is 0 Å². The Kier molecular flexibility index (Phi) is 13.2. The maximum absolute atomic E-state index is 12.1. The lowest BCUT2D eigenvalue weighted by Gasteiger charge is -2.13. The van der Waals surface area contributed by atoms with Crippen molar-refractivity contribution in [2.24, 2.45) is 4.99 Å². The van der Waals surface area contributed by atoms with Gasteiger partial charge in [0, 0.05) is 32.2 Å². The Morgan fingerprint density at radius 3 is 2.22 bits per heavy atom.